The molecule has 5 aromatic rings. The fourth-order valence-corrected chi connectivity index (χ4v) is 6.15. The molecule has 2 heterocycles. The van der Waals surface area contributed by atoms with Gasteiger partial charge in [-0.2, -0.15) is 0 Å². The molecule has 0 spiro atoms. The molecule has 1 fully saturated rings. The molecular weight excluding hydrogens is 618 g/mol. The number of nitrogens with zero attached hydrogens (tertiary/aromatic N) is 2. The van der Waals surface area contributed by atoms with E-state index in [1.165, 1.54) is 0 Å². The lowest BCUT2D eigenvalue weighted by atomic mass is 10.1. The number of aryl methyl sites for hydroxylation is 3. The Balaban J connectivity index is 1.07. The molecule has 1 aliphatic heterocycles. The molecule has 11 nitrogen and oxygen atoms in total. The zero-order chi connectivity index (χ0) is 33.1. The summed E-state index contributed by atoms with van der Waals surface area (Å²) in [5.41, 5.74) is 5.72. The summed E-state index contributed by atoms with van der Waals surface area (Å²) in [5.74, 6) is 3.17. The van der Waals surface area contributed by atoms with Gasteiger partial charge < -0.3 is 29.4 Å². The molecule has 240 valence electrons. The monoisotopic (exact) mass is 651 g/mol. The Morgan fingerprint density at radius 2 is 1.57 bits per heavy atom. The van der Waals surface area contributed by atoms with Crippen molar-refractivity contribution in [2.45, 2.75) is 32.1 Å². The van der Waals surface area contributed by atoms with Crippen molar-refractivity contribution in [2.75, 3.05) is 17.7 Å². The first-order valence-electron chi connectivity index (χ1n) is 14.8. The van der Waals surface area contributed by atoms with E-state index in [4.69, 9.17) is 19.2 Å². The smallest absolute Gasteiger partial charge is 0.323 e. The van der Waals surface area contributed by atoms with E-state index in [1.807, 2.05) is 80.1 Å². The van der Waals surface area contributed by atoms with Gasteiger partial charge in [0, 0.05) is 24.5 Å². The van der Waals surface area contributed by atoms with Crippen molar-refractivity contribution in [1.82, 2.24) is 14.9 Å². The van der Waals surface area contributed by atoms with Crippen LogP contribution in [0.15, 0.2) is 78.9 Å². The third kappa shape index (κ3) is 7.33. The van der Waals surface area contributed by atoms with Crippen LogP contribution >= 0.6 is 11.8 Å². The quantitative estimate of drug-likeness (QED) is 0.146. The number of imidazole rings is 1. The van der Waals surface area contributed by atoms with Gasteiger partial charge in [0.1, 0.15) is 35.4 Å². The first kappa shape index (κ1) is 31.5. The van der Waals surface area contributed by atoms with E-state index in [-0.39, 0.29) is 23.8 Å². The SMILES string of the molecule is COc1ccc(NC(=O)Nc2c(C)cc(Oc3ccc4nc(COc5ccc(CC6SC(=O)NC6=O)cc5)n(C)c4c3)cc2C)cc1. The van der Waals surface area contributed by atoms with Gasteiger partial charge in [0.25, 0.3) is 5.24 Å². The van der Waals surface area contributed by atoms with Crippen LogP contribution in [0.4, 0.5) is 21.0 Å². The number of nitrogens with one attached hydrogen (secondary N) is 3. The minimum atomic E-state index is -0.405. The van der Waals surface area contributed by atoms with Crippen LogP contribution in [-0.2, 0) is 24.9 Å². The lowest BCUT2D eigenvalue weighted by Gasteiger charge is -2.15. The third-order valence-electron chi connectivity index (χ3n) is 7.75. The number of hydrogen-bond donors (Lipinski definition) is 3. The summed E-state index contributed by atoms with van der Waals surface area (Å²) in [6.45, 7) is 4.10. The summed E-state index contributed by atoms with van der Waals surface area (Å²) < 4.78 is 19.4. The van der Waals surface area contributed by atoms with Crippen LogP contribution in [0, 0.1) is 13.8 Å². The van der Waals surface area contributed by atoms with E-state index in [1.54, 1.807) is 31.4 Å². The molecule has 6 rings (SSSR count). The predicted octanol–water partition coefficient (Wildman–Crippen LogP) is 7.11. The molecular formula is C35H33N5O6S. The molecule has 0 radical (unpaired) electrons. The van der Waals surface area contributed by atoms with E-state index in [9.17, 15) is 14.4 Å². The minimum absolute atomic E-state index is 0.251. The van der Waals surface area contributed by atoms with Crippen LogP contribution in [0.1, 0.15) is 22.5 Å². The Morgan fingerprint density at radius 1 is 0.894 bits per heavy atom. The van der Waals surface area contributed by atoms with Crippen LogP contribution in [0.25, 0.3) is 11.0 Å². The van der Waals surface area contributed by atoms with E-state index in [0.29, 0.717) is 40.8 Å². The van der Waals surface area contributed by atoms with Gasteiger partial charge in [0.05, 0.1) is 23.4 Å². The lowest BCUT2D eigenvalue weighted by molar-refractivity contribution is -0.118. The highest BCUT2D eigenvalue weighted by molar-refractivity contribution is 8.15. The summed E-state index contributed by atoms with van der Waals surface area (Å²) in [6.07, 6.45) is 0.473. The van der Waals surface area contributed by atoms with Gasteiger partial charge in [-0.25, -0.2) is 9.78 Å². The molecule has 0 bridgehead atoms. The maximum atomic E-state index is 12.7. The number of urea groups is 1. The highest BCUT2D eigenvalue weighted by Gasteiger charge is 2.31. The molecule has 1 aliphatic rings. The third-order valence-corrected chi connectivity index (χ3v) is 8.73. The Bertz CT molecular complexity index is 1950. The number of carbonyl (C=O) groups excluding carboxylic acids is 3. The molecule has 4 aromatic carbocycles. The van der Waals surface area contributed by atoms with Gasteiger partial charge in [-0.1, -0.05) is 23.9 Å². The summed E-state index contributed by atoms with van der Waals surface area (Å²) in [6, 6.07) is 23.7. The van der Waals surface area contributed by atoms with Crippen molar-refractivity contribution in [3.63, 3.8) is 0 Å². The first-order valence-corrected chi connectivity index (χ1v) is 15.7. The number of fused-ring (bicyclic) bond motifs is 1. The van der Waals surface area contributed by atoms with Crippen LogP contribution in [0.3, 0.4) is 0 Å². The van der Waals surface area contributed by atoms with Crippen molar-refractivity contribution >= 4 is 51.3 Å². The average molecular weight is 652 g/mol. The van der Waals surface area contributed by atoms with Crippen molar-refractivity contribution in [2.24, 2.45) is 7.05 Å². The number of rotatable bonds is 10. The number of thioether (sulfide) groups is 1. The predicted molar refractivity (Wildman–Crippen MR) is 182 cm³/mol. The number of imide groups is 1. The fourth-order valence-electron chi connectivity index (χ4n) is 5.29. The standard InChI is InChI=1S/C35H33N5O6S/c1-20-15-27(16-21(2)32(20)38-34(42)36-23-7-11-24(44-4)12-8-23)46-26-13-14-28-29(18-26)40(3)31(37-28)19-45-25-9-5-22(6-10-25)17-30-33(41)39-35(43)47-30/h5-16,18,30H,17,19H2,1-4H3,(H2,36,38,42)(H,39,41,43). The van der Waals surface area contributed by atoms with Crippen LogP contribution in [0.5, 0.6) is 23.0 Å². The number of ether oxygens (including phenoxy) is 3. The fraction of sp³-hybridized carbons (Fsp3) is 0.200. The Kier molecular flexibility index (Phi) is 9.03. The first-order chi connectivity index (χ1) is 22.6. The van der Waals surface area contributed by atoms with Crippen LogP contribution < -0.4 is 30.2 Å². The highest BCUT2D eigenvalue weighted by atomic mass is 32.2. The number of aromatic nitrogens is 2. The number of amides is 4. The normalized spacial score (nSPS) is 14.2. The van der Waals surface area contributed by atoms with Gasteiger partial charge >= 0.3 is 6.03 Å². The van der Waals surface area contributed by atoms with Gasteiger partial charge in [0.15, 0.2) is 0 Å². The van der Waals surface area contributed by atoms with Gasteiger partial charge in [-0.15, -0.1) is 0 Å². The Morgan fingerprint density at radius 3 is 2.23 bits per heavy atom. The largest absolute Gasteiger partial charge is 0.497 e. The van der Waals surface area contributed by atoms with E-state index >= 15 is 0 Å². The Hall–Kier alpha value is -5.49. The molecule has 0 aliphatic carbocycles. The van der Waals surface area contributed by atoms with Crippen molar-refractivity contribution < 1.29 is 28.6 Å². The van der Waals surface area contributed by atoms with Gasteiger partial charge in [-0.3, -0.25) is 14.9 Å². The van der Waals surface area contributed by atoms with Crippen LogP contribution in [-0.4, -0.2) is 39.1 Å². The maximum absolute atomic E-state index is 12.7. The molecule has 3 N–H and O–H groups in total. The number of anilines is 2. The molecule has 1 unspecified atom stereocenters. The molecule has 12 heteroatoms. The second-order valence-corrected chi connectivity index (χ2v) is 12.3. The Labute approximate surface area is 275 Å². The summed E-state index contributed by atoms with van der Waals surface area (Å²) >= 11 is 1.02. The van der Waals surface area contributed by atoms with Crippen molar-refractivity contribution in [3.8, 4) is 23.0 Å². The van der Waals surface area contributed by atoms with E-state index < -0.39 is 5.25 Å². The molecule has 47 heavy (non-hydrogen) atoms. The molecule has 1 aromatic heterocycles. The van der Waals surface area contributed by atoms with Gasteiger partial charge in [-0.05, 0) is 97.6 Å². The van der Waals surface area contributed by atoms with E-state index in [2.05, 4.69) is 16.0 Å². The number of hydrogen-bond acceptors (Lipinski definition) is 8. The minimum Gasteiger partial charge on any atom is -0.497 e. The molecule has 4 amide bonds. The van der Waals surface area contributed by atoms with Gasteiger partial charge in [0.2, 0.25) is 5.91 Å². The second-order valence-electron chi connectivity index (χ2n) is 11.1. The second kappa shape index (κ2) is 13.5. The molecule has 0 saturated carbocycles. The lowest BCUT2D eigenvalue weighted by Crippen LogP contribution is -2.25. The maximum Gasteiger partial charge on any atom is 0.323 e. The number of carbonyl (C=O) groups is 3. The summed E-state index contributed by atoms with van der Waals surface area (Å²) in [4.78, 5) is 40.7. The molecule has 1 atom stereocenters. The van der Waals surface area contributed by atoms with Crippen molar-refractivity contribution in [1.29, 1.82) is 0 Å². The zero-order valence-corrected chi connectivity index (χ0v) is 27.1. The highest BCUT2D eigenvalue weighted by Crippen LogP contribution is 2.32. The van der Waals surface area contributed by atoms with Crippen LogP contribution in [0.2, 0.25) is 0 Å². The number of methoxy groups -OCH3 is 1. The van der Waals surface area contributed by atoms with Crippen molar-refractivity contribution in [3.05, 3.63) is 101 Å². The molecule has 1 saturated heterocycles. The number of benzene rings is 4. The summed E-state index contributed by atoms with van der Waals surface area (Å²) in [5, 5.41) is 7.38. The average Bonchev–Trinajstić information content (AvgIpc) is 3.54. The zero-order valence-electron chi connectivity index (χ0n) is 26.2. The van der Waals surface area contributed by atoms with E-state index in [0.717, 1.165) is 45.3 Å². The topological polar surface area (TPSA) is 133 Å². The summed E-state index contributed by atoms with van der Waals surface area (Å²) in [7, 11) is 3.52.